The van der Waals surface area contributed by atoms with Crippen LogP contribution in [0.15, 0.2) is 46.7 Å². The van der Waals surface area contributed by atoms with E-state index in [0.717, 1.165) is 5.56 Å². The van der Waals surface area contributed by atoms with Gasteiger partial charge in [-0.2, -0.15) is 4.98 Å². The van der Waals surface area contributed by atoms with Crippen LogP contribution in [-0.2, 0) is 0 Å². The fraction of sp³-hybridized carbons (Fsp3) is 0.133. The highest BCUT2D eigenvalue weighted by Gasteiger charge is 2.21. The maximum atomic E-state index is 12.3. The van der Waals surface area contributed by atoms with E-state index in [1.54, 1.807) is 12.3 Å². The number of fused-ring (bicyclic) bond motifs is 1. The van der Waals surface area contributed by atoms with Crippen LogP contribution >= 0.6 is 11.3 Å². The predicted molar refractivity (Wildman–Crippen MR) is 83.3 cm³/mol. The van der Waals surface area contributed by atoms with E-state index in [1.807, 2.05) is 30.3 Å². The second kappa shape index (κ2) is 5.61. The number of amides is 1. The Morgan fingerprint density at radius 3 is 2.82 bits per heavy atom. The fourth-order valence-corrected chi connectivity index (χ4v) is 2.86. The monoisotopic (exact) mass is 315 g/mol. The van der Waals surface area contributed by atoms with Crippen molar-refractivity contribution in [2.24, 2.45) is 0 Å². The van der Waals surface area contributed by atoms with Gasteiger partial charge in [-0.15, -0.1) is 11.3 Å². The molecule has 112 valence electrons. The van der Waals surface area contributed by atoms with Gasteiger partial charge in [0.05, 0.1) is 6.04 Å². The highest BCUT2D eigenvalue weighted by Crippen LogP contribution is 2.17. The highest BCUT2D eigenvalue weighted by atomic mass is 32.1. The van der Waals surface area contributed by atoms with Crippen LogP contribution < -0.4 is 10.9 Å². The maximum Gasteiger partial charge on any atom is 0.275 e. The molecule has 0 saturated heterocycles. The van der Waals surface area contributed by atoms with Crippen LogP contribution in [0.4, 0.5) is 0 Å². The van der Waals surface area contributed by atoms with Crippen molar-refractivity contribution in [2.75, 3.05) is 0 Å². The summed E-state index contributed by atoms with van der Waals surface area (Å²) >= 11 is 1.21. The lowest BCUT2D eigenvalue weighted by Gasteiger charge is -2.14. The third kappa shape index (κ3) is 2.46. The average molecular weight is 315 g/mol. The minimum atomic E-state index is -0.646. The standard InChI is InChI=1S/C15H13N3O3S/c1-9(10-5-3-2-4-6-10)16-12(19)11-13(20)17-15-18(14(11)21)7-8-22-15/h2-9,20H,1H3,(H,16,19)/t9-/m1/s1. The fourth-order valence-electron chi connectivity index (χ4n) is 2.16. The van der Waals surface area contributed by atoms with Crippen molar-refractivity contribution in [1.82, 2.24) is 14.7 Å². The van der Waals surface area contributed by atoms with E-state index in [2.05, 4.69) is 10.3 Å². The summed E-state index contributed by atoms with van der Waals surface area (Å²) in [6.45, 7) is 1.80. The number of aromatic nitrogens is 2. The largest absolute Gasteiger partial charge is 0.492 e. The van der Waals surface area contributed by atoms with Gasteiger partial charge in [0.2, 0.25) is 5.88 Å². The van der Waals surface area contributed by atoms with Crippen LogP contribution in [0, 0.1) is 0 Å². The Bertz CT molecular complexity index is 886. The first-order chi connectivity index (χ1) is 10.6. The molecular weight excluding hydrogens is 302 g/mol. The zero-order valence-corrected chi connectivity index (χ0v) is 12.5. The number of thiazole rings is 1. The number of nitrogens with one attached hydrogen (secondary N) is 1. The van der Waals surface area contributed by atoms with Crippen molar-refractivity contribution >= 4 is 22.2 Å². The number of carbonyl (C=O) groups is 1. The van der Waals surface area contributed by atoms with E-state index in [9.17, 15) is 14.7 Å². The van der Waals surface area contributed by atoms with E-state index in [-0.39, 0.29) is 11.6 Å². The Hall–Kier alpha value is -2.67. The van der Waals surface area contributed by atoms with Crippen LogP contribution in [0.1, 0.15) is 28.9 Å². The molecule has 2 aromatic heterocycles. The number of benzene rings is 1. The Labute approximate surface area is 129 Å². The van der Waals surface area contributed by atoms with Gasteiger partial charge in [-0.25, -0.2) is 0 Å². The van der Waals surface area contributed by atoms with Crippen LogP contribution in [0.5, 0.6) is 5.88 Å². The molecule has 0 fully saturated rings. The van der Waals surface area contributed by atoms with Crippen LogP contribution in [0.3, 0.4) is 0 Å². The van der Waals surface area contributed by atoms with Crippen LogP contribution in [0.2, 0.25) is 0 Å². The molecule has 0 aliphatic heterocycles. The third-order valence-corrected chi connectivity index (χ3v) is 4.08. The smallest absolute Gasteiger partial charge is 0.275 e. The summed E-state index contributed by atoms with van der Waals surface area (Å²) in [5.74, 6) is -1.20. The average Bonchev–Trinajstić information content (AvgIpc) is 2.96. The molecule has 1 amide bonds. The normalized spacial score (nSPS) is 12.2. The number of carbonyl (C=O) groups excluding carboxylic acids is 1. The van der Waals surface area contributed by atoms with Gasteiger partial charge < -0.3 is 10.4 Å². The van der Waals surface area contributed by atoms with Crippen molar-refractivity contribution in [3.8, 4) is 5.88 Å². The molecule has 3 aromatic rings. The van der Waals surface area contributed by atoms with E-state index in [1.165, 1.54) is 21.9 Å². The van der Waals surface area contributed by atoms with Gasteiger partial charge in [0.15, 0.2) is 10.5 Å². The molecule has 7 heteroatoms. The Morgan fingerprint density at radius 2 is 2.09 bits per heavy atom. The Kier molecular flexibility index (Phi) is 3.64. The van der Waals surface area contributed by atoms with Crippen LogP contribution in [-0.4, -0.2) is 20.4 Å². The van der Waals surface area contributed by atoms with E-state index < -0.39 is 17.3 Å². The third-order valence-electron chi connectivity index (χ3n) is 3.32. The first-order valence-electron chi connectivity index (χ1n) is 6.62. The number of nitrogens with zero attached hydrogens (tertiary/aromatic N) is 2. The zero-order valence-electron chi connectivity index (χ0n) is 11.7. The van der Waals surface area contributed by atoms with E-state index in [4.69, 9.17) is 0 Å². The molecule has 0 spiro atoms. The highest BCUT2D eigenvalue weighted by molar-refractivity contribution is 7.15. The molecule has 1 aromatic carbocycles. The summed E-state index contributed by atoms with van der Waals surface area (Å²) in [4.78, 5) is 28.8. The van der Waals surface area contributed by atoms with E-state index >= 15 is 0 Å². The van der Waals surface area contributed by atoms with Gasteiger partial charge in [-0.3, -0.25) is 14.0 Å². The van der Waals surface area contributed by atoms with Crippen molar-refractivity contribution in [2.45, 2.75) is 13.0 Å². The van der Waals surface area contributed by atoms with E-state index in [0.29, 0.717) is 4.96 Å². The lowest BCUT2D eigenvalue weighted by molar-refractivity contribution is 0.0934. The van der Waals surface area contributed by atoms with Gasteiger partial charge in [0, 0.05) is 11.6 Å². The molecule has 0 unspecified atom stereocenters. The topological polar surface area (TPSA) is 83.7 Å². The molecule has 0 radical (unpaired) electrons. The molecule has 2 N–H and O–H groups in total. The summed E-state index contributed by atoms with van der Waals surface area (Å²) in [7, 11) is 0. The van der Waals surface area contributed by atoms with Crippen LogP contribution in [0.25, 0.3) is 4.96 Å². The molecule has 0 saturated carbocycles. The lowest BCUT2D eigenvalue weighted by Crippen LogP contribution is -2.33. The number of hydrogen-bond acceptors (Lipinski definition) is 5. The lowest BCUT2D eigenvalue weighted by atomic mass is 10.1. The number of aromatic hydroxyl groups is 1. The second-order valence-electron chi connectivity index (χ2n) is 4.78. The molecular formula is C15H13N3O3S. The Balaban J connectivity index is 1.94. The number of rotatable bonds is 3. The summed E-state index contributed by atoms with van der Waals surface area (Å²) in [5, 5.41) is 14.2. The van der Waals surface area contributed by atoms with Gasteiger partial charge >= 0.3 is 0 Å². The summed E-state index contributed by atoms with van der Waals surface area (Å²) < 4.78 is 1.24. The Morgan fingerprint density at radius 1 is 1.36 bits per heavy atom. The van der Waals surface area contributed by atoms with Crippen molar-refractivity contribution in [3.63, 3.8) is 0 Å². The van der Waals surface area contributed by atoms with Gasteiger partial charge in [0.25, 0.3) is 11.5 Å². The van der Waals surface area contributed by atoms with Crippen molar-refractivity contribution < 1.29 is 9.90 Å². The molecule has 0 bridgehead atoms. The predicted octanol–water partition coefficient (Wildman–Crippen LogP) is 1.95. The molecule has 2 heterocycles. The first kappa shape index (κ1) is 14.3. The quantitative estimate of drug-likeness (QED) is 0.774. The summed E-state index contributed by atoms with van der Waals surface area (Å²) in [6, 6.07) is 9.06. The molecule has 6 nitrogen and oxygen atoms in total. The van der Waals surface area contributed by atoms with Gasteiger partial charge in [-0.1, -0.05) is 30.3 Å². The minimum Gasteiger partial charge on any atom is -0.492 e. The maximum absolute atomic E-state index is 12.3. The molecule has 3 rings (SSSR count). The van der Waals surface area contributed by atoms with Gasteiger partial charge in [0.1, 0.15) is 0 Å². The molecule has 0 aliphatic carbocycles. The zero-order chi connectivity index (χ0) is 15.7. The van der Waals surface area contributed by atoms with Gasteiger partial charge in [-0.05, 0) is 12.5 Å². The molecule has 0 aliphatic rings. The van der Waals surface area contributed by atoms with Crippen molar-refractivity contribution in [1.29, 1.82) is 0 Å². The summed E-state index contributed by atoms with van der Waals surface area (Å²) in [6.07, 6.45) is 1.52. The van der Waals surface area contributed by atoms with Crippen molar-refractivity contribution in [3.05, 3.63) is 63.4 Å². The first-order valence-corrected chi connectivity index (χ1v) is 7.50. The summed E-state index contributed by atoms with van der Waals surface area (Å²) in [5.41, 5.74) is -0.0276. The second-order valence-corrected chi connectivity index (χ2v) is 5.65. The number of hydrogen-bond donors (Lipinski definition) is 2. The minimum absolute atomic E-state index is 0.296. The SMILES string of the molecule is C[C@@H](NC(=O)c1c(O)nc2sccn2c1=O)c1ccccc1. The molecule has 1 atom stereocenters. The molecule has 22 heavy (non-hydrogen) atoms.